The third kappa shape index (κ3) is 3.95. The van der Waals surface area contributed by atoms with Gasteiger partial charge in [0.2, 0.25) is 5.89 Å². The molecule has 1 aliphatic heterocycles. The van der Waals surface area contributed by atoms with E-state index in [1.54, 1.807) is 0 Å². The molecule has 0 bridgehead atoms. The van der Waals surface area contributed by atoms with Crippen LogP contribution in [-0.4, -0.2) is 46.9 Å². The van der Waals surface area contributed by atoms with Gasteiger partial charge >= 0.3 is 0 Å². The molecule has 3 rings (SSSR count). The molecule has 0 aliphatic carbocycles. The maximum atomic E-state index is 12.6. The van der Waals surface area contributed by atoms with E-state index in [0.29, 0.717) is 31.0 Å². The molecule has 1 aliphatic rings. The normalized spacial score (nSPS) is 16.4. The van der Waals surface area contributed by atoms with E-state index in [1.165, 1.54) is 0 Å². The Balaban J connectivity index is 1.56. The van der Waals surface area contributed by atoms with E-state index in [0.717, 1.165) is 30.5 Å². The van der Waals surface area contributed by atoms with Crippen LogP contribution in [0.3, 0.4) is 0 Å². The van der Waals surface area contributed by atoms with Gasteiger partial charge in [-0.15, -0.1) is 0 Å². The lowest BCUT2D eigenvalue weighted by molar-refractivity contribution is 0.0615. The predicted molar refractivity (Wildman–Crippen MR) is 94.6 cm³/mol. The lowest BCUT2D eigenvalue weighted by Gasteiger charge is -2.34. The lowest BCUT2D eigenvalue weighted by atomic mass is 9.94. The van der Waals surface area contributed by atoms with Crippen LogP contribution in [0.2, 0.25) is 0 Å². The number of hydrogen-bond acceptors (Lipinski definition) is 5. The van der Waals surface area contributed by atoms with E-state index in [-0.39, 0.29) is 11.3 Å². The average molecular weight is 345 g/mol. The second kappa shape index (κ2) is 6.67. The van der Waals surface area contributed by atoms with Crippen molar-refractivity contribution in [2.75, 3.05) is 26.2 Å². The SMILES string of the molecule is Cc1cc(C(=O)N2CCN(Cc3ncc(C(C)(C)C)o3)CC2)c(C)o1. The van der Waals surface area contributed by atoms with Crippen LogP contribution in [0.25, 0.3) is 0 Å². The molecule has 3 heterocycles. The highest BCUT2D eigenvalue weighted by atomic mass is 16.4. The fraction of sp³-hybridized carbons (Fsp3) is 0.579. The largest absolute Gasteiger partial charge is 0.466 e. The van der Waals surface area contributed by atoms with Gasteiger partial charge in [-0.05, 0) is 19.9 Å². The van der Waals surface area contributed by atoms with E-state index >= 15 is 0 Å². The first kappa shape index (κ1) is 17.7. The summed E-state index contributed by atoms with van der Waals surface area (Å²) in [5.74, 6) is 3.17. The summed E-state index contributed by atoms with van der Waals surface area (Å²) < 4.78 is 11.3. The average Bonchev–Trinajstić information content (AvgIpc) is 3.13. The van der Waals surface area contributed by atoms with Crippen molar-refractivity contribution in [1.29, 1.82) is 0 Å². The van der Waals surface area contributed by atoms with Crippen LogP contribution in [-0.2, 0) is 12.0 Å². The van der Waals surface area contributed by atoms with E-state index < -0.39 is 0 Å². The zero-order chi connectivity index (χ0) is 18.2. The van der Waals surface area contributed by atoms with Gasteiger partial charge in [-0.2, -0.15) is 0 Å². The van der Waals surface area contributed by atoms with Crippen molar-refractivity contribution in [2.45, 2.75) is 46.6 Å². The smallest absolute Gasteiger partial charge is 0.257 e. The van der Waals surface area contributed by atoms with Gasteiger partial charge in [-0.3, -0.25) is 9.69 Å². The van der Waals surface area contributed by atoms with Crippen molar-refractivity contribution in [3.63, 3.8) is 0 Å². The first-order chi connectivity index (χ1) is 11.7. The first-order valence-corrected chi connectivity index (χ1v) is 8.78. The molecule has 0 radical (unpaired) electrons. The number of rotatable bonds is 3. The molecule has 136 valence electrons. The summed E-state index contributed by atoms with van der Waals surface area (Å²) in [6, 6.07) is 1.82. The molecule has 2 aromatic rings. The molecule has 1 amide bonds. The van der Waals surface area contributed by atoms with E-state index in [4.69, 9.17) is 8.83 Å². The lowest BCUT2D eigenvalue weighted by Crippen LogP contribution is -2.48. The van der Waals surface area contributed by atoms with Gasteiger partial charge in [-0.25, -0.2) is 4.98 Å². The number of aromatic nitrogens is 1. The number of oxazole rings is 1. The van der Waals surface area contributed by atoms with Crippen LogP contribution >= 0.6 is 0 Å². The quantitative estimate of drug-likeness (QED) is 0.855. The van der Waals surface area contributed by atoms with Gasteiger partial charge in [-0.1, -0.05) is 20.8 Å². The van der Waals surface area contributed by atoms with E-state index in [9.17, 15) is 4.79 Å². The zero-order valence-corrected chi connectivity index (χ0v) is 15.8. The van der Waals surface area contributed by atoms with Crippen molar-refractivity contribution in [3.8, 4) is 0 Å². The van der Waals surface area contributed by atoms with Crippen LogP contribution in [0.1, 0.15) is 54.3 Å². The van der Waals surface area contributed by atoms with Crippen LogP contribution in [0.15, 0.2) is 21.1 Å². The molecule has 0 unspecified atom stereocenters. The van der Waals surface area contributed by atoms with Crippen molar-refractivity contribution >= 4 is 5.91 Å². The first-order valence-electron chi connectivity index (χ1n) is 8.78. The van der Waals surface area contributed by atoms with Crippen molar-refractivity contribution in [2.24, 2.45) is 0 Å². The minimum absolute atomic E-state index is 0.0308. The second-order valence-corrected chi connectivity index (χ2v) is 7.76. The molecule has 1 fully saturated rings. The molecular formula is C19H27N3O3. The Hall–Kier alpha value is -2.08. The molecule has 2 aromatic heterocycles. The van der Waals surface area contributed by atoms with Gasteiger partial charge in [0.25, 0.3) is 5.91 Å². The molecule has 0 aromatic carbocycles. The van der Waals surface area contributed by atoms with E-state index in [2.05, 4.69) is 30.7 Å². The monoisotopic (exact) mass is 345 g/mol. The molecule has 1 saturated heterocycles. The molecule has 0 N–H and O–H groups in total. The van der Waals surface area contributed by atoms with Crippen molar-refractivity contribution < 1.29 is 13.6 Å². The van der Waals surface area contributed by atoms with Crippen molar-refractivity contribution in [1.82, 2.24) is 14.8 Å². The standard InChI is InChI=1S/C19H27N3O3/c1-13-10-15(14(2)24-13)18(23)22-8-6-21(7-9-22)12-17-20-11-16(25-17)19(3,4)5/h10-11H,6-9,12H2,1-5H3. The number of nitrogens with zero attached hydrogens (tertiary/aromatic N) is 3. The summed E-state index contributed by atoms with van der Waals surface area (Å²) in [6.07, 6.45) is 1.82. The number of carbonyl (C=O) groups excluding carboxylic acids is 1. The van der Waals surface area contributed by atoms with Crippen LogP contribution < -0.4 is 0 Å². The molecule has 0 atom stereocenters. The molecule has 25 heavy (non-hydrogen) atoms. The fourth-order valence-corrected chi connectivity index (χ4v) is 3.04. The number of carbonyl (C=O) groups is 1. The fourth-order valence-electron chi connectivity index (χ4n) is 3.04. The number of piperazine rings is 1. The summed E-state index contributed by atoms with van der Waals surface area (Å²) >= 11 is 0. The molecule has 6 nitrogen and oxygen atoms in total. The van der Waals surface area contributed by atoms with Crippen LogP contribution in [0, 0.1) is 13.8 Å². The van der Waals surface area contributed by atoms with Gasteiger partial charge in [0, 0.05) is 31.6 Å². The Labute approximate surface area is 148 Å². The summed E-state index contributed by atoms with van der Waals surface area (Å²) in [7, 11) is 0. The minimum atomic E-state index is -0.0308. The third-order valence-electron chi connectivity index (χ3n) is 4.58. The highest BCUT2D eigenvalue weighted by Crippen LogP contribution is 2.23. The Morgan fingerprint density at radius 2 is 1.84 bits per heavy atom. The molecule has 0 saturated carbocycles. The number of hydrogen-bond donors (Lipinski definition) is 0. The summed E-state index contributed by atoms with van der Waals surface area (Å²) in [5.41, 5.74) is 0.644. The van der Waals surface area contributed by atoms with Gasteiger partial charge in [0.15, 0.2) is 0 Å². The van der Waals surface area contributed by atoms with E-state index in [1.807, 2.05) is 31.0 Å². The van der Waals surface area contributed by atoms with Gasteiger partial charge in [0.1, 0.15) is 17.3 Å². The van der Waals surface area contributed by atoms with Crippen molar-refractivity contribution in [3.05, 3.63) is 41.0 Å². The second-order valence-electron chi connectivity index (χ2n) is 7.76. The number of furan rings is 1. The Bertz CT molecular complexity index is 746. The summed E-state index contributed by atoms with van der Waals surface area (Å²) in [6.45, 7) is 13.8. The molecule has 6 heteroatoms. The Kier molecular flexibility index (Phi) is 4.73. The zero-order valence-electron chi connectivity index (χ0n) is 15.8. The molecule has 0 spiro atoms. The summed E-state index contributed by atoms with van der Waals surface area (Å²) in [4.78, 5) is 21.2. The maximum absolute atomic E-state index is 12.6. The maximum Gasteiger partial charge on any atom is 0.257 e. The minimum Gasteiger partial charge on any atom is -0.466 e. The Morgan fingerprint density at radius 3 is 2.36 bits per heavy atom. The predicted octanol–water partition coefficient (Wildman–Crippen LogP) is 3.14. The summed E-state index contributed by atoms with van der Waals surface area (Å²) in [5, 5.41) is 0. The van der Waals surface area contributed by atoms with Gasteiger partial charge < -0.3 is 13.7 Å². The topological polar surface area (TPSA) is 62.7 Å². The highest BCUT2D eigenvalue weighted by molar-refractivity contribution is 5.95. The highest BCUT2D eigenvalue weighted by Gasteiger charge is 2.26. The number of aryl methyl sites for hydroxylation is 2. The van der Waals surface area contributed by atoms with Crippen LogP contribution in [0.4, 0.5) is 0 Å². The number of amides is 1. The third-order valence-corrected chi connectivity index (χ3v) is 4.58. The molecular weight excluding hydrogens is 318 g/mol. The van der Waals surface area contributed by atoms with Gasteiger partial charge in [0.05, 0.1) is 18.3 Å². The Morgan fingerprint density at radius 1 is 1.16 bits per heavy atom. The van der Waals surface area contributed by atoms with Crippen LogP contribution in [0.5, 0.6) is 0 Å².